The van der Waals surface area contributed by atoms with E-state index in [1.165, 1.54) is 18.3 Å². The fourth-order valence-corrected chi connectivity index (χ4v) is 5.91. The number of amides is 2. The summed E-state index contributed by atoms with van der Waals surface area (Å²) in [5.74, 6) is -1.10. The molecule has 2 amide bonds. The number of hydrazone groups is 1. The number of benzene rings is 1. The number of allylic oxidation sites excluding steroid dienone is 2. The number of halogens is 1. The third kappa shape index (κ3) is 2.47. The van der Waals surface area contributed by atoms with Crippen LogP contribution in [0.15, 0.2) is 52.0 Å². The van der Waals surface area contributed by atoms with Gasteiger partial charge in [0.25, 0.3) is 11.8 Å². The zero-order chi connectivity index (χ0) is 21.5. The summed E-state index contributed by atoms with van der Waals surface area (Å²) in [4.78, 5) is 37.2. The molecule has 2 saturated carbocycles. The SMILES string of the molecule is O=C(O)c1cc(-c2ccc(/C=N\N3C(=O)[C@@H]4[C@@H](C3=O)[C@@H]3C=C[C@H]4C34CC4)o2)ccc1Cl. The van der Waals surface area contributed by atoms with Gasteiger partial charge in [-0.3, -0.25) is 9.59 Å². The van der Waals surface area contributed by atoms with Crippen LogP contribution in [-0.4, -0.2) is 34.1 Å². The molecule has 6 rings (SSSR count). The van der Waals surface area contributed by atoms with E-state index < -0.39 is 5.97 Å². The average molecular weight is 437 g/mol. The first kappa shape index (κ1) is 18.6. The second-order valence-electron chi connectivity index (χ2n) is 8.66. The summed E-state index contributed by atoms with van der Waals surface area (Å²) in [7, 11) is 0. The minimum Gasteiger partial charge on any atom is -0.478 e. The van der Waals surface area contributed by atoms with Crippen molar-refractivity contribution in [3.8, 4) is 11.3 Å². The zero-order valence-electron chi connectivity index (χ0n) is 16.2. The number of hydrogen-bond acceptors (Lipinski definition) is 5. The van der Waals surface area contributed by atoms with Crippen molar-refractivity contribution in [2.45, 2.75) is 12.8 Å². The molecule has 7 nitrogen and oxygen atoms in total. The minimum absolute atomic E-state index is 0.0257. The van der Waals surface area contributed by atoms with E-state index in [-0.39, 0.29) is 51.5 Å². The molecule has 1 spiro atoms. The number of hydrogen-bond donors (Lipinski definition) is 1. The molecule has 0 unspecified atom stereocenters. The number of carbonyl (C=O) groups excluding carboxylic acids is 2. The van der Waals surface area contributed by atoms with Gasteiger partial charge in [-0.05, 0) is 60.4 Å². The topological polar surface area (TPSA) is 100 Å². The number of carboxylic acid groups (broad SMARTS) is 1. The molecule has 1 aromatic heterocycles. The molecule has 1 saturated heterocycles. The van der Waals surface area contributed by atoms with Crippen molar-refractivity contribution in [2.24, 2.45) is 34.2 Å². The van der Waals surface area contributed by atoms with Crippen molar-refractivity contribution in [2.75, 3.05) is 0 Å². The maximum atomic E-state index is 12.9. The first-order valence-corrected chi connectivity index (χ1v) is 10.5. The molecule has 2 bridgehead atoms. The standard InChI is InChI=1S/C23H17ClN2O5/c24-16-5-1-11(9-13(16)22(29)30)17-6-2-12(31-17)10-25-26-20(27)18-14-3-4-15(19(18)21(26)28)23(14)7-8-23/h1-6,9-10,14-15,18-19H,7-8H2,(H,29,30)/b25-10-/t14-,15+,18-,19-/m0/s1. The monoisotopic (exact) mass is 436 g/mol. The Balaban J connectivity index is 1.23. The highest BCUT2D eigenvalue weighted by molar-refractivity contribution is 6.33. The summed E-state index contributed by atoms with van der Waals surface area (Å²) in [5.41, 5.74) is 0.670. The second-order valence-corrected chi connectivity index (χ2v) is 9.06. The molecule has 3 fully saturated rings. The van der Waals surface area contributed by atoms with Gasteiger partial charge in [-0.2, -0.15) is 10.1 Å². The summed E-state index contributed by atoms with van der Waals surface area (Å²) in [6.45, 7) is 0. The molecule has 3 aliphatic carbocycles. The number of fused-ring (bicyclic) bond motifs is 3. The number of carboxylic acids is 1. The number of carbonyl (C=O) groups is 3. The molecule has 1 N–H and O–H groups in total. The Bertz CT molecular complexity index is 1190. The van der Waals surface area contributed by atoms with Crippen molar-refractivity contribution >= 4 is 35.6 Å². The van der Waals surface area contributed by atoms with E-state index in [1.54, 1.807) is 18.2 Å². The van der Waals surface area contributed by atoms with Crippen LogP contribution < -0.4 is 0 Å². The predicted octanol–water partition coefficient (Wildman–Crippen LogP) is 3.83. The third-order valence-electron chi connectivity index (χ3n) is 7.24. The Morgan fingerprint density at radius 1 is 1.13 bits per heavy atom. The van der Waals surface area contributed by atoms with E-state index in [4.69, 9.17) is 16.0 Å². The molecule has 31 heavy (non-hydrogen) atoms. The number of nitrogens with zero attached hydrogens (tertiary/aromatic N) is 2. The lowest BCUT2D eigenvalue weighted by molar-refractivity contribution is -0.141. The molecule has 4 aliphatic rings. The van der Waals surface area contributed by atoms with E-state index in [1.807, 2.05) is 0 Å². The lowest BCUT2D eigenvalue weighted by Crippen LogP contribution is -2.30. The van der Waals surface area contributed by atoms with Crippen LogP contribution in [-0.2, 0) is 9.59 Å². The molecular weight excluding hydrogens is 420 g/mol. The van der Waals surface area contributed by atoms with Crippen LogP contribution in [0.5, 0.6) is 0 Å². The molecule has 1 aromatic carbocycles. The summed E-state index contributed by atoms with van der Waals surface area (Å²) < 4.78 is 5.72. The number of furan rings is 1. The van der Waals surface area contributed by atoms with Crippen LogP contribution in [0.1, 0.15) is 29.0 Å². The van der Waals surface area contributed by atoms with Crippen molar-refractivity contribution < 1.29 is 23.9 Å². The Kier molecular flexibility index (Phi) is 3.69. The maximum Gasteiger partial charge on any atom is 0.337 e. The van der Waals surface area contributed by atoms with Crippen molar-refractivity contribution in [3.05, 3.63) is 58.8 Å². The lowest BCUT2D eigenvalue weighted by atomic mass is 9.85. The summed E-state index contributed by atoms with van der Waals surface area (Å²) in [5, 5.41) is 14.5. The number of imide groups is 1. The van der Waals surface area contributed by atoms with Crippen LogP contribution in [0.2, 0.25) is 5.02 Å². The van der Waals surface area contributed by atoms with E-state index in [9.17, 15) is 19.5 Å². The fourth-order valence-electron chi connectivity index (χ4n) is 5.71. The summed E-state index contributed by atoms with van der Waals surface area (Å²) in [6, 6.07) is 7.88. The van der Waals surface area contributed by atoms with E-state index in [0.29, 0.717) is 17.1 Å². The molecule has 0 radical (unpaired) electrons. The van der Waals surface area contributed by atoms with Gasteiger partial charge in [0, 0.05) is 5.56 Å². The van der Waals surface area contributed by atoms with Crippen LogP contribution in [0.4, 0.5) is 0 Å². The summed E-state index contributed by atoms with van der Waals surface area (Å²) >= 11 is 5.91. The Morgan fingerprint density at radius 3 is 2.42 bits per heavy atom. The van der Waals surface area contributed by atoms with Crippen molar-refractivity contribution in [1.29, 1.82) is 0 Å². The van der Waals surface area contributed by atoms with E-state index in [0.717, 1.165) is 17.9 Å². The molecule has 4 atom stereocenters. The Labute approximate surface area is 182 Å². The smallest absolute Gasteiger partial charge is 0.337 e. The average Bonchev–Trinajstić information content (AvgIpc) is 3.03. The summed E-state index contributed by atoms with van der Waals surface area (Å²) in [6.07, 6.45) is 7.77. The Hall–Kier alpha value is -3.19. The number of rotatable bonds is 4. The molecule has 8 heteroatoms. The molecule has 1 aliphatic heterocycles. The van der Waals surface area contributed by atoms with Gasteiger partial charge in [-0.25, -0.2) is 4.79 Å². The van der Waals surface area contributed by atoms with E-state index in [2.05, 4.69) is 17.3 Å². The van der Waals surface area contributed by atoms with Crippen LogP contribution in [0.3, 0.4) is 0 Å². The quantitative estimate of drug-likeness (QED) is 0.446. The highest BCUT2D eigenvalue weighted by Gasteiger charge is 2.73. The third-order valence-corrected chi connectivity index (χ3v) is 7.57. The van der Waals surface area contributed by atoms with Crippen LogP contribution in [0.25, 0.3) is 11.3 Å². The zero-order valence-corrected chi connectivity index (χ0v) is 17.0. The maximum absolute atomic E-state index is 12.9. The van der Waals surface area contributed by atoms with Gasteiger partial charge < -0.3 is 9.52 Å². The highest BCUT2D eigenvalue weighted by atomic mass is 35.5. The largest absolute Gasteiger partial charge is 0.478 e. The van der Waals surface area contributed by atoms with Gasteiger partial charge in [0.2, 0.25) is 0 Å². The first-order chi connectivity index (χ1) is 14.9. The molecular formula is C23H17ClN2O5. The fraction of sp³-hybridized carbons (Fsp3) is 0.304. The van der Waals surface area contributed by atoms with Gasteiger partial charge >= 0.3 is 5.97 Å². The number of aromatic carboxylic acids is 1. The van der Waals surface area contributed by atoms with Crippen molar-refractivity contribution in [3.63, 3.8) is 0 Å². The van der Waals surface area contributed by atoms with Gasteiger partial charge in [0.05, 0.1) is 28.6 Å². The van der Waals surface area contributed by atoms with E-state index >= 15 is 0 Å². The van der Waals surface area contributed by atoms with Crippen molar-refractivity contribution in [1.82, 2.24) is 5.01 Å². The molecule has 2 heterocycles. The van der Waals surface area contributed by atoms with Crippen LogP contribution in [0, 0.1) is 29.1 Å². The highest BCUT2D eigenvalue weighted by Crippen LogP contribution is 2.73. The lowest BCUT2D eigenvalue weighted by Gasteiger charge is -2.18. The minimum atomic E-state index is -1.13. The van der Waals surface area contributed by atoms with Gasteiger partial charge in [0.1, 0.15) is 11.5 Å². The molecule has 156 valence electrons. The van der Waals surface area contributed by atoms with Gasteiger partial charge in [-0.15, -0.1) is 0 Å². The Morgan fingerprint density at radius 2 is 1.81 bits per heavy atom. The van der Waals surface area contributed by atoms with Gasteiger partial charge in [-0.1, -0.05) is 23.8 Å². The first-order valence-electron chi connectivity index (χ1n) is 10.1. The predicted molar refractivity (Wildman–Crippen MR) is 110 cm³/mol. The second kappa shape index (κ2) is 6.17. The van der Waals surface area contributed by atoms with Crippen LogP contribution >= 0.6 is 11.6 Å². The normalized spacial score (nSPS) is 29.5. The molecule has 2 aromatic rings. The van der Waals surface area contributed by atoms with Gasteiger partial charge in [0.15, 0.2) is 0 Å².